The SMILES string of the molecule is C#Cc1ccc([C@H]2CCN2)cn1. The van der Waals surface area contributed by atoms with Crippen LogP contribution in [0.4, 0.5) is 0 Å². The lowest BCUT2D eigenvalue weighted by atomic mass is 10.00. The number of pyridine rings is 1. The summed E-state index contributed by atoms with van der Waals surface area (Å²) in [6, 6.07) is 4.43. The molecule has 12 heavy (non-hydrogen) atoms. The molecule has 0 radical (unpaired) electrons. The molecule has 0 aliphatic carbocycles. The van der Waals surface area contributed by atoms with Crippen LogP contribution in [0.5, 0.6) is 0 Å². The van der Waals surface area contributed by atoms with Gasteiger partial charge in [-0.3, -0.25) is 0 Å². The van der Waals surface area contributed by atoms with Crippen molar-refractivity contribution in [1.29, 1.82) is 0 Å². The lowest BCUT2D eigenvalue weighted by molar-refractivity contribution is 0.382. The fourth-order valence-corrected chi connectivity index (χ4v) is 1.27. The average molecular weight is 158 g/mol. The Labute approximate surface area is 72.0 Å². The third kappa shape index (κ3) is 1.19. The van der Waals surface area contributed by atoms with Gasteiger partial charge in [0.1, 0.15) is 5.69 Å². The van der Waals surface area contributed by atoms with Gasteiger partial charge in [-0.1, -0.05) is 12.0 Å². The predicted octanol–water partition coefficient (Wildman–Crippen LogP) is 1.10. The number of aromatic nitrogens is 1. The van der Waals surface area contributed by atoms with Gasteiger partial charge in [0.25, 0.3) is 0 Å². The highest BCUT2D eigenvalue weighted by atomic mass is 15.0. The van der Waals surface area contributed by atoms with E-state index in [1.54, 1.807) is 0 Å². The molecule has 1 aromatic heterocycles. The van der Waals surface area contributed by atoms with E-state index < -0.39 is 0 Å². The van der Waals surface area contributed by atoms with E-state index >= 15 is 0 Å². The van der Waals surface area contributed by atoms with Gasteiger partial charge in [0.2, 0.25) is 0 Å². The molecule has 1 aliphatic heterocycles. The van der Waals surface area contributed by atoms with Crippen LogP contribution in [-0.4, -0.2) is 11.5 Å². The maximum atomic E-state index is 5.19. The maximum absolute atomic E-state index is 5.19. The van der Waals surface area contributed by atoms with Crippen molar-refractivity contribution >= 4 is 0 Å². The van der Waals surface area contributed by atoms with Crippen molar-refractivity contribution in [2.45, 2.75) is 12.5 Å². The molecule has 0 bridgehead atoms. The number of nitrogens with one attached hydrogen (secondary N) is 1. The Hall–Kier alpha value is -1.33. The average Bonchev–Trinajstić information content (AvgIpc) is 2.03. The molecule has 1 aliphatic rings. The number of terminal acetylenes is 1. The van der Waals surface area contributed by atoms with Crippen LogP contribution in [0.3, 0.4) is 0 Å². The molecule has 1 fully saturated rings. The molecule has 1 N–H and O–H groups in total. The van der Waals surface area contributed by atoms with Gasteiger partial charge in [-0.2, -0.15) is 0 Å². The first kappa shape index (κ1) is 7.33. The van der Waals surface area contributed by atoms with Gasteiger partial charge in [-0.25, -0.2) is 4.98 Å². The van der Waals surface area contributed by atoms with E-state index in [2.05, 4.69) is 16.2 Å². The van der Waals surface area contributed by atoms with Crippen LogP contribution >= 0.6 is 0 Å². The standard InChI is InChI=1S/C10H10N2/c1-2-9-4-3-8(7-12-9)10-5-6-11-10/h1,3-4,7,10-11H,5-6H2/t10-/m1/s1. The largest absolute Gasteiger partial charge is 0.310 e. The van der Waals surface area contributed by atoms with E-state index in [4.69, 9.17) is 6.42 Å². The summed E-state index contributed by atoms with van der Waals surface area (Å²) in [5, 5.41) is 3.31. The zero-order valence-corrected chi connectivity index (χ0v) is 6.75. The fourth-order valence-electron chi connectivity index (χ4n) is 1.27. The Morgan fingerprint density at radius 3 is 2.83 bits per heavy atom. The van der Waals surface area contributed by atoms with Gasteiger partial charge in [-0.15, -0.1) is 6.42 Å². The van der Waals surface area contributed by atoms with E-state index in [0.717, 1.165) is 6.54 Å². The first-order chi connectivity index (χ1) is 5.90. The van der Waals surface area contributed by atoms with Gasteiger partial charge < -0.3 is 5.32 Å². The topological polar surface area (TPSA) is 24.9 Å². The summed E-state index contributed by atoms with van der Waals surface area (Å²) in [6.45, 7) is 1.11. The summed E-state index contributed by atoms with van der Waals surface area (Å²) < 4.78 is 0. The molecule has 2 rings (SSSR count). The monoisotopic (exact) mass is 158 g/mol. The maximum Gasteiger partial charge on any atom is 0.112 e. The van der Waals surface area contributed by atoms with Gasteiger partial charge >= 0.3 is 0 Å². The van der Waals surface area contributed by atoms with E-state index in [0.29, 0.717) is 11.7 Å². The number of rotatable bonds is 1. The molecule has 2 heteroatoms. The molecule has 1 saturated heterocycles. The second-order valence-electron chi connectivity index (χ2n) is 2.92. The predicted molar refractivity (Wildman–Crippen MR) is 47.5 cm³/mol. The van der Waals surface area contributed by atoms with Crippen molar-refractivity contribution in [2.24, 2.45) is 0 Å². The minimum absolute atomic E-state index is 0.504. The van der Waals surface area contributed by atoms with Gasteiger partial charge in [0, 0.05) is 12.2 Å². The highest BCUT2D eigenvalue weighted by Gasteiger charge is 2.17. The lowest BCUT2D eigenvalue weighted by Gasteiger charge is -2.27. The molecule has 0 saturated carbocycles. The summed E-state index contributed by atoms with van der Waals surface area (Å²) in [5.74, 6) is 2.50. The molecule has 0 amide bonds. The smallest absolute Gasteiger partial charge is 0.112 e. The zero-order valence-electron chi connectivity index (χ0n) is 6.75. The van der Waals surface area contributed by atoms with Crippen molar-refractivity contribution in [3.63, 3.8) is 0 Å². The van der Waals surface area contributed by atoms with Crippen molar-refractivity contribution in [3.05, 3.63) is 29.6 Å². The number of hydrogen-bond donors (Lipinski definition) is 1. The Bertz CT molecular complexity index is 304. The molecular weight excluding hydrogens is 148 g/mol. The second-order valence-corrected chi connectivity index (χ2v) is 2.92. The minimum atomic E-state index is 0.504. The normalized spacial score (nSPS) is 21.1. The Morgan fingerprint density at radius 2 is 2.42 bits per heavy atom. The first-order valence-electron chi connectivity index (χ1n) is 4.06. The van der Waals surface area contributed by atoms with Crippen molar-refractivity contribution in [2.75, 3.05) is 6.54 Å². The van der Waals surface area contributed by atoms with Crippen LogP contribution < -0.4 is 5.32 Å². The summed E-state index contributed by atoms with van der Waals surface area (Å²) in [6.07, 6.45) is 8.25. The van der Waals surface area contributed by atoms with E-state index in [1.807, 2.05) is 18.3 Å². The highest BCUT2D eigenvalue weighted by Crippen LogP contribution is 2.21. The molecule has 1 atom stereocenters. The summed E-state index contributed by atoms with van der Waals surface area (Å²) >= 11 is 0. The molecule has 0 unspecified atom stereocenters. The molecule has 0 aromatic carbocycles. The summed E-state index contributed by atoms with van der Waals surface area (Å²) in [7, 11) is 0. The summed E-state index contributed by atoms with van der Waals surface area (Å²) in [4.78, 5) is 4.12. The number of hydrogen-bond acceptors (Lipinski definition) is 2. The van der Waals surface area contributed by atoms with Crippen LogP contribution in [0.15, 0.2) is 18.3 Å². The quantitative estimate of drug-likeness (QED) is 0.619. The number of nitrogens with zero attached hydrogens (tertiary/aromatic N) is 1. The van der Waals surface area contributed by atoms with E-state index in [9.17, 15) is 0 Å². The fraction of sp³-hybridized carbons (Fsp3) is 0.300. The third-order valence-corrected chi connectivity index (χ3v) is 2.16. The van der Waals surface area contributed by atoms with Crippen molar-refractivity contribution in [3.8, 4) is 12.3 Å². The third-order valence-electron chi connectivity index (χ3n) is 2.16. The molecular formula is C10H10N2. The molecule has 2 nitrogen and oxygen atoms in total. The minimum Gasteiger partial charge on any atom is -0.310 e. The van der Waals surface area contributed by atoms with Crippen LogP contribution in [0.25, 0.3) is 0 Å². The van der Waals surface area contributed by atoms with Crippen LogP contribution in [-0.2, 0) is 0 Å². The Balaban J connectivity index is 2.19. The van der Waals surface area contributed by atoms with Gasteiger partial charge in [-0.05, 0) is 24.6 Å². The Morgan fingerprint density at radius 1 is 1.58 bits per heavy atom. The lowest BCUT2D eigenvalue weighted by Crippen LogP contribution is -2.34. The zero-order chi connectivity index (χ0) is 8.39. The van der Waals surface area contributed by atoms with Crippen LogP contribution in [0.2, 0.25) is 0 Å². The molecule has 60 valence electrons. The molecule has 0 spiro atoms. The van der Waals surface area contributed by atoms with Gasteiger partial charge in [0.15, 0.2) is 0 Å². The second kappa shape index (κ2) is 2.96. The highest BCUT2D eigenvalue weighted by molar-refractivity contribution is 5.28. The summed E-state index contributed by atoms with van der Waals surface area (Å²) in [5.41, 5.74) is 1.94. The van der Waals surface area contributed by atoms with Gasteiger partial charge in [0.05, 0.1) is 0 Å². The van der Waals surface area contributed by atoms with E-state index in [-0.39, 0.29) is 0 Å². The van der Waals surface area contributed by atoms with E-state index in [1.165, 1.54) is 12.0 Å². The molecule has 1 aromatic rings. The van der Waals surface area contributed by atoms with Crippen LogP contribution in [0.1, 0.15) is 23.7 Å². The molecule has 2 heterocycles. The van der Waals surface area contributed by atoms with Crippen molar-refractivity contribution in [1.82, 2.24) is 10.3 Å². The van der Waals surface area contributed by atoms with Crippen molar-refractivity contribution < 1.29 is 0 Å². The Kier molecular flexibility index (Phi) is 1.81. The van der Waals surface area contributed by atoms with Crippen LogP contribution in [0, 0.1) is 12.3 Å². The first-order valence-corrected chi connectivity index (χ1v) is 4.06.